The lowest BCUT2D eigenvalue weighted by Gasteiger charge is -2.12. The van der Waals surface area contributed by atoms with E-state index in [-0.39, 0.29) is 33.5 Å². The van der Waals surface area contributed by atoms with Crippen molar-refractivity contribution in [3.05, 3.63) is 27.2 Å². The van der Waals surface area contributed by atoms with Crippen LogP contribution in [0.25, 0.3) is 0 Å². The number of amides is 3. The third-order valence-electron chi connectivity index (χ3n) is 2.58. The highest BCUT2D eigenvalue weighted by Crippen LogP contribution is 2.33. The van der Waals surface area contributed by atoms with E-state index in [9.17, 15) is 9.59 Å². The Morgan fingerprint density at radius 2 is 1.81 bits per heavy atom. The average molecular weight is 354 g/mol. The van der Waals surface area contributed by atoms with Crippen LogP contribution in [-0.4, -0.2) is 24.6 Å². The van der Waals surface area contributed by atoms with Gasteiger partial charge >= 0.3 is 6.03 Å². The van der Waals surface area contributed by atoms with Gasteiger partial charge in [0.2, 0.25) is 0 Å². The molecular formula is C13H15Cl3N2O3. The minimum atomic E-state index is -0.599. The van der Waals surface area contributed by atoms with Crippen LogP contribution in [0.1, 0.15) is 20.3 Å². The van der Waals surface area contributed by atoms with Crippen LogP contribution >= 0.6 is 34.8 Å². The van der Waals surface area contributed by atoms with E-state index in [1.54, 1.807) is 0 Å². The third kappa shape index (κ3) is 5.99. The van der Waals surface area contributed by atoms with Crippen molar-refractivity contribution in [2.24, 2.45) is 0 Å². The number of benzene rings is 1. The van der Waals surface area contributed by atoms with Crippen molar-refractivity contribution >= 4 is 46.7 Å². The quantitative estimate of drug-likeness (QED) is 0.794. The molecule has 1 atom stereocenters. The second-order valence-corrected chi connectivity index (χ2v) is 5.54. The van der Waals surface area contributed by atoms with E-state index in [2.05, 4.69) is 10.6 Å². The summed E-state index contributed by atoms with van der Waals surface area (Å²) in [5.41, 5.74) is 0. The monoisotopic (exact) mass is 352 g/mol. The van der Waals surface area contributed by atoms with Gasteiger partial charge in [0.25, 0.3) is 5.91 Å². The maximum absolute atomic E-state index is 11.6. The van der Waals surface area contributed by atoms with Crippen LogP contribution in [0, 0.1) is 0 Å². The number of carbonyl (C=O) groups is 2. The number of halogens is 3. The smallest absolute Gasteiger partial charge is 0.321 e. The molecule has 0 fully saturated rings. The molecule has 1 aromatic carbocycles. The first-order chi connectivity index (χ1) is 9.83. The molecule has 0 spiro atoms. The molecule has 3 amide bonds. The molecule has 0 aliphatic carbocycles. The molecule has 2 N–H and O–H groups in total. The maximum atomic E-state index is 11.6. The lowest BCUT2D eigenvalue weighted by Crippen LogP contribution is -2.44. The van der Waals surface area contributed by atoms with Crippen LogP contribution in [0.2, 0.25) is 15.1 Å². The van der Waals surface area contributed by atoms with Gasteiger partial charge in [0, 0.05) is 12.1 Å². The first-order valence-corrected chi connectivity index (χ1v) is 7.34. The molecule has 0 aromatic heterocycles. The first-order valence-electron chi connectivity index (χ1n) is 6.21. The third-order valence-corrected chi connectivity index (χ3v) is 3.59. The van der Waals surface area contributed by atoms with Gasteiger partial charge in [0.1, 0.15) is 5.75 Å². The Balaban J connectivity index is 2.50. The van der Waals surface area contributed by atoms with Crippen LogP contribution in [-0.2, 0) is 4.79 Å². The molecule has 0 bridgehead atoms. The Hall–Kier alpha value is -1.17. The molecule has 0 unspecified atom stereocenters. The largest absolute Gasteiger partial charge is 0.482 e. The normalized spacial score (nSPS) is 11.7. The van der Waals surface area contributed by atoms with E-state index in [1.165, 1.54) is 12.1 Å². The molecule has 0 aliphatic heterocycles. The summed E-state index contributed by atoms with van der Waals surface area (Å²) < 4.78 is 5.20. The summed E-state index contributed by atoms with van der Waals surface area (Å²) in [7, 11) is 0. The van der Waals surface area contributed by atoms with Crippen molar-refractivity contribution in [2.45, 2.75) is 26.3 Å². The fourth-order valence-electron chi connectivity index (χ4n) is 1.28. The van der Waals surface area contributed by atoms with Gasteiger partial charge in [0.15, 0.2) is 6.61 Å². The highest BCUT2D eigenvalue weighted by molar-refractivity contribution is 6.43. The molecule has 8 heteroatoms. The van der Waals surface area contributed by atoms with Gasteiger partial charge in [-0.2, -0.15) is 0 Å². The lowest BCUT2D eigenvalue weighted by atomic mass is 10.3. The number of rotatable bonds is 5. The molecule has 0 saturated heterocycles. The average Bonchev–Trinajstić information content (AvgIpc) is 2.41. The molecule has 0 radical (unpaired) electrons. The van der Waals surface area contributed by atoms with Gasteiger partial charge in [-0.25, -0.2) is 4.79 Å². The van der Waals surface area contributed by atoms with Gasteiger partial charge < -0.3 is 10.1 Å². The molecular weight excluding hydrogens is 339 g/mol. The van der Waals surface area contributed by atoms with Crippen LogP contribution in [0.4, 0.5) is 4.79 Å². The lowest BCUT2D eigenvalue weighted by molar-refractivity contribution is -0.122. The summed E-state index contributed by atoms with van der Waals surface area (Å²) in [6, 6.07) is 2.22. The number of hydrogen-bond acceptors (Lipinski definition) is 3. The minimum Gasteiger partial charge on any atom is -0.482 e. The fourth-order valence-corrected chi connectivity index (χ4v) is 1.87. The highest BCUT2D eigenvalue weighted by atomic mass is 35.5. The van der Waals surface area contributed by atoms with Crippen molar-refractivity contribution in [3.8, 4) is 5.75 Å². The number of carbonyl (C=O) groups excluding carboxylic acids is 2. The van der Waals surface area contributed by atoms with E-state index in [0.717, 1.165) is 6.42 Å². The molecule has 0 heterocycles. The topological polar surface area (TPSA) is 67.4 Å². The predicted octanol–water partition coefficient (Wildman–Crippen LogP) is 3.65. The van der Waals surface area contributed by atoms with Gasteiger partial charge in [-0.05, 0) is 19.4 Å². The van der Waals surface area contributed by atoms with E-state index in [0.29, 0.717) is 0 Å². The molecule has 1 rings (SSSR count). The summed E-state index contributed by atoms with van der Waals surface area (Å²) in [4.78, 5) is 23.0. The van der Waals surface area contributed by atoms with E-state index in [4.69, 9.17) is 39.5 Å². The minimum absolute atomic E-state index is 0.0248. The van der Waals surface area contributed by atoms with Crippen molar-refractivity contribution in [2.75, 3.05) is 6.61 Å². The maximum Gasteiger partial charge on any atom is 0.321 e. The zero-order chi connectivity index (χ0) is 16.0. The summed E-state index contributed by atoms with van der Waals surface area (Å²) >= 11 is 17.5. The number of urea groups is 1. The number of ether oxygens (including phenoxy) is 1. The number of hydrogen-bond donors (Lipinski definition) is 2. The van der Waals surface area contributed by atoms with Crippen LogP contribution < -0.4 is 15.4 Å². The molecule has 116 valence electrons. The Kier molecular flexibility index (Phi) is 7.08. The standard InChI is InChI=1S/C13H15Cl3N2O3/c1-3-7(2)17-13(20)18-12(19)6-21-11-5-9(15)8(14)4-10(11)16/h4-5,7H,3,6H2,1-2H3,(H2,17,18,19,20)/t7-/m1/s1. The van der Waals surface area contributed by atoms with Crippen LogP contribution in [0.3, 0.4) is 0 Å². The summed E-state index contributed by atoms with van der Waals surface area (Å²) in [5, 5.41) is 5.50. The van der Waals surface area contributed by atoms with Gasteiger partial charge in [-0.15, -0.1) is 0 Å². The van der Waals surface area contributed by atoms with Crippen molar-refractivity contribution in [1.82, 2.24) is 10.6 Å². The fraction of sp³-hybridized carbons (Fsp3) is 0.385. The molecule has 0 aliphatic rings. The van der Waals surface area contributed by atoms with Crippen molar-refractivity contribution < 1.29 is 14.3 Å². The van der Waals surface area contributed by atoms with Crippen molar-refractivity contribution in [3.63, 3.8) is 0 Å². The van der Waals surface area contributed by atoms with E-state index in [1.807, 2.05) is 13.8 Å². The van der Waals surface area contributed by atoms with E-state index < -0.39 is 11.9 Å². The Morgan fingerprint density at radius 3 is 2.43 bits per heavy atom. The molecule has 0 saturated carbocycles. The van der Waals surface area contributed by atoms with Gasteiger partial charge in [-0.1, -0.05) is 41.7 Å². The van der Waals surface area contributed by atoms with Gasteiger partial charge in [0.05, 0.1) is 15.1 Å². The molecule has 5 nitrogen and oxygen atoms in total. The summed E-state index contributed by atoms with van der Waals surface area (Å²) in [6.07, 6.45) is 0.761. The molecule has 1 aromatic rings. The van der Waals surface area contributed by atoms with E-state index >= 15 is 0 Å². The Bertz CT molecular complexity index is 538. The second kappa shape index (κ2) is 8.32. The highest BCUT2D eigenvalue weighted by Gasteiger charge is 2.12. The zero-order valence-corrected chi connectivity index (χ0v) is 13.8. The SMILES string of the molecule is CC[C@@H](C)NC(=O)NC(=O)COc1cc(Cl)c(Cl)cc1Cl. The van der Waals surface area contributed by atoms with Crippen molar-refractivity contribution in [1.29, 1.82) is 0 Å². The Labute approximate surface area is 137 Å². The zero-order valence-electron chi connectivity index (χ0n) is 11.5. The second-order valence-electron chi connectivity index (χ2n) is 4.32. The molecule has 21 heavy (non-hydrogen) atoms. The Morgan fingerprint density at radius 1 is 1.19 bits per heavy atom. The number of nitrogens with one attached hydrogen (secondary N) is 2. The summed E-state index contributed by atoms with van der Waals surface area (Å²) in [5.74, 6) is -0.388. The summed E-state index contributed by atoms with van der Waals surface area (Å²) in [6.45, 7) is 3.38. The predicted molar refractivity (Wildman–Crippen MR) is 83.4 cm³/mol. The van der Waals surface area contributed by atoms with Crippen LogP contribution in [0.5, 0.6) is 5.75 Å². The van der Waals surface area contributed by atoms with Crippen LogP contribution in [0.15, 0.2) is 12.1 Å². The van der Waals surface area contributed by atoms with Gasteiger partial charge in [-0.3, -0.25) is 10.1 Å². The first kappa shape index (κ1) is 17.9. The number of imide groups is 1.